The first-order valence-electron chi connectivity index (χ1n) is 5.73. The van der Waals surface area contributed by atoms with E-state index >= 15 is 0 Å². The second-order valence-corrected chi connectivity index (χ2v) is 4.11. The molecule has 0 saturated carbocycles. The summed E-state index contributed by atoms with van der Waals surface area (Å²) in [6.07, 6.45) is 4.08. The maximum atomic E-state index is 9.75. The normalized spacial score (nSPS) is 11.2. The van der Waals surface area contributed by atoms with Gasteiger partial charge in [0, 0.05) is 23.6 Å². The summed E-state index contributed by atoms with van der Waals surface area (Å²) in [6, 6.07) is 13.5. The summed E-state index contributed by atoms with van der Waals surface area (Å²) in [7, 11) is -6.00. The van der Waals surface area contributed by atoms with E-state index in [4.69, 9.17) is 0 Å². The Balaban J connectivity index is 0.000000257. The second-order valence-electron chi connectivity index (χ2n) is 4.11. The van der Waals surface area contributed by atoms with Crippen molar-refractivity contribution in [1.29, 1.82) is 0 Å². The van der Waals surface area contributed by atoms with E-state index in [1.165, 1.54) is 0 Å². The predicted molar refractivity (Wildman–Crippen MR) is 69.0 cm³/mol. The molecule has 2 heterocycles. The van der Waals surface area contributed by atoms with Crippen molar-refractivity contribution in [2.24, 2.45) is 0 Å². The van der Waals surface area contributed by atoms with Crippen LogP contribution in [0.1, 0.15) is 0 Å². The zero-order valence-electron chi connectivity index (χ0n) is 10.2. The minimum absolute atomic E-state index is 0.308. The van der Waals surface area contributed by atoms with Crippen LogP contribution in [0.4, 0.5) is 17.3 Å². The highest BCUT2D eigenvalue weighted by Gasteiger charge is 2.20. The molecule has 3 aromatic rings. The molecule has 0 aliphatic carbocycles. The molecule has 0 saturated heterocycles. The molecule has 20 heavy (non-hydrogen) atoms. The van der Waals surface area contributed by atoms with E-state index in [0.29, 0.717) is 5.75 Å². The molecule has 0 spiro atoms. The summed E-state index contributed by atoms with van der Waals surface area (Å²) >= 11 is 0. The van der Waals surface area contributed by atoms with Crippen LogP contribution in [0, 0.1) is 0 Å². The van der Waals surface area contributed by atoms with Gasteiger partial charge in [0.15, 0.2) is 12.4 Å². The first-order chi connectivity index (χ1) is 9.33. The van der Waals surface area contributed by atoms with Crippen LogP contribution in [0.5, 0.6) is 5.75 Å². The minimum atomic E-state index is -6.00. The fraction of sp³-hybridized carbons (Fsp3) is 0. The summed E-state index contributed by atoms with van der Waals surface area (Å²) < 4.78 is 41.1. The van der Waals surface area contributed by atoms with Crippen molar-refractivity contribution >= 4 is 23.5 Å². The molecule has 2 nitrogen and oxygen atoms in total. The lowest BCUT2D eigenvalue weighted by atomic mass is 10.1. The van der Waals surface area contributed by atoms with Gasteiger partial charge in [-0.3, -0.25) is 0 Å². The van der Waals surface area contributed by atoms with Crippen LogP contribution in [0.25, 0.3) is 16.3 Å². The third-order valence-corrected chi connectivity index (χ3v) is 2.57. The lowest BCUT2D eigenvalue weighted by Gasteiger charge is -1.97. The fourth-order valence-corrected chi connectivity index (χ4v) is 1.82. The standard InChI is InChI=1S/C13H9NO.BF4/c15-13-5-4-10-9-14-6-2-1-3-12(14)7-11(10)8-13;2-1(3,4)5/h1-9H;/q;-1/p+1. The topological polar surface area (TPSA) is 24.3 Å². The molecule has 0 amide bonds. The Hall–Kier alpha value is -2.31. The predicted octanol–water partition coefficient (Wildman–Crippen LogP) is 3.58. The van der Waals surface area contributed by atoms with E-state index in [-0.39, 0.29) is 0 Å². The number of aromatic nitrogens is 1. The van der Waals surface area contributed by atoms with Gasteiger partial charge in [0.05, 0.1) is 0 Å². The van der Waals surface area contributed by atoms with Gasteiger partial charge in [-0.15, -0.1) is 0 Å². The van der Waals surface area contributed by atoms with Crippen molar-refractivity contribution in [2.45, 2.75) is 0 Å². The van der Waals surface area contributed by atoms with Crippen molar-refractivity contribution in [3.8, 4) is 5.75 Å². The smallest absolute Gasteiger partial charge is 0.508 e. The van der Waals surface area contributed by atoms with E-state index in [9.17, 15) is 22.4 Å². The molecule has 0 atom stereocenters. The molecule has 0 fully saturated rings. The number of phenolic OH excluding ortho intramolecular Hbond substituents is 1. The highest BCUT2D eigenvalue weighted by Crippen LogP contribution is 2.19. The lowest BCUT2D eigenvalue weighted by molar-refractivity contribution is -0.510. The fourth-order valence-electron chi connectivity index (χ4n) is 1.82. The zero-order valence-corrected chi connectivity index (χ0v) is 10.2. The Morgan fingerprint density at radius 3 is 2.30 bits per heavy atom. The molecule has 1 aromatic carbocycles. The molecule has 1 N–H and O–H groups in total. The SMILES string of the molecule is F[B-](F)(F)F.Oc1ccc2c[n+]3ccccc3cc2c1. The molecule has 0 radical (unpaired) electrons. The summed E-state index contributed by atoms with van der Waals surface area (Å²) in [5, 5.41) is 11.6. The Bertz CT molecular complexity index is 739. The average Bonchev–Trinajstić information content (AvgIpc) is 2.34. The van der Waals surface area contributed by atoms with Gasteiger partial charge in [0.2, 0.25) is 5.52 Å². The molecular weight excluding hydrogens is 273 g/mol. The number of rotatable bonds is 0. The average molecular weight is 283 g/mol. The third-order valence-electron chi connectivity index (χ3n) is 2.57. The van der Waals surface area contributed by atoms with Crippen LogP contribution in [0.3, 0.4) is 0 Å². The van der Waals surface area contributed by atoms with Gasteiger partial charge in [-0.25, -0.2) is 0 Å². The highest BCUT2D eigenvalue weighted by molar-refractivity contribution is 6.50. The number of phenols is 1. The molecule has 0 bridgehead atoms. The van der Waals surface area contributed by atoms with E-state index in [1.807, 2.05) is 30.5 Å². The molecule has 0 unspecified atom stereocenters. The summed E-state index contributed by atoms with van der Waals surface area (Å²) in [5.74, 6) is 0.308. The summed E-state index contributed by atoms with van der Waals surface area (Å²) in [6.45, 7) is 0. The molecule has 2 aromatic heterocycles. The van der Waals surface area contributed by atoms with Crippen LogP contribution in [-0.2, 0) is 0 Å². The Kier molecular flexibility index (Phi) is 3.78. The number of fused-ring (bicyclic) bond motifs is 2. The quantitative estimate of drug-likeness (QED) is 0.290. The first kappa shape index (κ1) is 14.1. The number of hydrogen-bond acceptors (Lipinski definition) is 1. The number of aromatic hydroxyl groups is 1. The molecule has 0 aliphatic heterocycles. The van der Waals surface area contributed by atoms with Crippen LogP contribution in [0.15, 0.2) is 54.9 Å². The maximum Gasteiger partial charge on any atom is 0.673 e. The number of halogens is 4. The Labute approximate surface area is 112 Å². The molecule has 7 heteroatoms. The molecule has 3 rings (SSSR count). The van der Waals surface area contributed by atoms with Crippen molar-refractivity contribution in [3.05, 3.63) is 54.9 Å². The van der Waals surface area contributed by atoms with Gasteiger partial charge >= 0.3 is 7.25 Å². The van der Waals surface area contributed by atoms with Gasteiger partial charge in [-0.1, -0.05) is 0 Å². The number of hydrogen-bond donors (Lipinski definition) is 1. The number of pyridine rings is 2. The van der Waals surface area contributed by atoms with Crippen molar-refractivity contribution in [3.63, 3.8) is 0 Å². The molecule has 0 aliphatic rings. The lowest BCUT2D eigenvalue weighted by Crippen LogP contribution is -2.19. The van der Waals surface area contributed by atoms with Gasteiger partial charge < -0.3 is 22.4 Å². The van der Waals surface area contributed by atoms with Crippen molar-refractivity contribution in [1.82, 2.24) is 0 Å². The van der Waals surface area contributed by atoms with E-state index < -0.39 is 7.25 Å². The van der Waals surface area contributed by atoms with Gasteiger partial charge in [0.1, 0.15) is 5.75 Å². The van der Waals surface area contributed by atoms with E-state index in [0.717, 1.165) is 16.3 Å². The van der Waals surface area contributed by atoms with Crippen LogP contribution in [-0.4, -0.2) is 12.4 Å². The van der Waals surface area contributed by atoms with Crippen LogP contribution < -0.4 is 4.40 Å². The summed E-state index contributed by atoms with van der Waals surface area (Å²) in [4.78, 5) is 0. The molecular formula is C13H10BF4NO. The Morgan fingerprint density at radius 2 is 1.60 bits per heavy atom. The van der Waals surface area contributed by atoms with E-state index in [2.05, 4.69) is 16.7 Å². The van der Waals surface area contributed by atoms with Crippen molar-refractivity contribution < 1.29 is 26.8 Å². The van der Waals surface area contributed by atoms with E-state index in [1.54, 1.807) is 12.1 Å². The number of nitrogens with zero attached hydrogens (tertiary/aromatic N) is 1. The van der Waals surface area contributed by atoms with Gasteiger partial charge in [-0.05, 0) is 29.7 Å². The summed E-state index contributed by atoms with van der Waals surface area (Å²) in [5.41, 5.74) is 1.12. The first-order valence-corrected chi connectivity index (χ1v) is 5.73. The monoisotopic (exact) mass is 283 g/mol. The minimum Gasteiger partial charge on any atom is -0.508 e. The highest BCUT2D eigenvalue weighted by atomic mass is 19.5. The Morgan fingerprint density at radius 1 is 0.900 bits per heavy atom. The number of benzene rings is 1. The zero-order chi connectivity index (χ0) is 14.8. The molecule has 104 valence electrons. The van der Waals surface area contributed by atoms with Crippen molar-refractivity contribution in [2.75, 3.05) is 0 Å². The van der Waals surface area contributed by atoms with Gasteiger partial charge in [0.25, 0.3) is 0 Å². The maximum absolute atomic E-state index is 9.75. The second kappa shape index (κ2) is 5.36. The van der Waals surface area contributed by atoms with Gasteiger partial charge in [-0.2, -0.15) is 4.40 Å². The largest absolute Gasteiger partial charge is 0.673 e. The third kappa shape index (κ3) is 3.84. The van der Waals surface area contributed by atoms with Crippen LogP contribution in [0.2, 0.25) is 0 Å². The van der Waals surface area contributed by atoms with Crippen LogP contribution >= 0.6 is 0 Å².